The van der Waals surface area contributed by atoms with Gasteiger partial charge in [0.2, 0.25) is 5.91 Å². The summed E-state index contributed by atoms with van der Waals surface area (Å²) >= 11 is 0. The molecule has 13 heteroatoms. The first-order chi connectivity index (χ1) is 20.7. The van der Waals surface area contributed by atoms with E-state index in [1.807, 2.05) is 28.1 Å². The van der Waals surface area contributed by atoms with Gasteiger partial charge in [-0.15, -0.1) is 0 Å². The van der Waals surface area contributed by atoms with Gasteiger partial charge in [0, 0.05) is 55.5 Å². The molecule has 3 aliphatic rings. The molecule has 6 rings (SSSR count). The maximum atomic E-state index is 12.7. The van der Waals surface area contributed by atoms with Crippen molar-refractivity contribution in [3.8, 4) is 11.3 Å². The Balaban J connectivity index is 1.05. The zero-order valence-corrected chi connectivity index (χ0v) is 23.8. The van der Waals surface area contributed by atoms with Crippen LogP contribution in [0.25, 0.3) is 11.3 Å². The quantitative estimate of drug-likeness (QED) is 0.383. The molecule has 2 N–H and O–H groups in total. The number of carbonyl (C=O) groups excluding carboxylic acids is 2. The molecule has 1 saturated heterocycles. The Hall–Kier alpha value is -4.16. The molecule has 228 valence electrons. The minimum absolute atomic E-state index is 0.00917. The number of nitrogens with zero attached hydrogens (tertiary/aromatic N) is 6. The van der Waals surface area contributed by atoms with E-state index in [1.54, 1.807) is 34.4 Å². The molecule has 0 radical (unpaired) electrons. The van der Waals surface area contributed by atoms with E-state index in [9.17, 15) is 22.8 Å². The third kappa shape index (κ3) is 6.91. The van der Waals surface area contributed by atoms with Gasteiger partial charge in [-0.05, 0) is 49.3 Å². The summed E-state index contributed by atoms with van der Waals surface area (Å²) in [6.45, 7) is 0.126. The first kappa shape index (κ1) is 28.9. The molecule has 1 unspecified atom stereocenters. The largest absolute Gasteiger partial charge is 0.405 e. The fourth-order valence-corrected chi connectivity index (χ4v) is 6.28. The van der Waals surface area contributed by atoms with Crippen molar-refractivity contribution in [3.05, 3.63) is 54.2 Å². The van der Waals surface area contributed by atoms with Crippen LogP contribution in [-0.4, -0.2) is 68.3 Å². The number of carbonyl (C=O) groups is 2. The smallest absolute Gasteiger partial charge is 0.343 e. The number of benzene rings is 1. The average Bonchev–Trinajstić information content (AvgIpc) is 3.77. The van der Waals surface area contributed by atoms with E-state index in [0.717, 1.165) is 37.3 Å². The van der Waals surface area contributed by atoms with Crippen molar-refractivity contribution < 1.29 is 22.8 Å². The summed E-state index contributed by atoms with van der Waals surface area (Å²) < 4.78 is 40.9. The van der Waals surface area contributed by atoms with Crippen LogP contribution in [0, 0.1) is 5.92 Å². The molecule has 2 aliphatic heterocycles. The van der Waals surface area contributed by atoms with Crippen LogP contribution in [0.2, 0.25) is 0 Å². The van der Waals surface area contributed by atoms with Crippen LogP contribution in [0.5, 0.6) is 0 Å². The molecule has 43 heavy (non-hydrogen) atoms. The highest BCUT2D eigenvalue weighted by Gasteiger charge is 2.29. The van der Waals surface area contributed by atoms with Crippen molar-refractivity contribution in [2.45, 2.75) is 69.5 Å². The average molecular weight is 597 g/mol. The Morgan fingerprint density at radius 2 is 1.84 bits per heavy atom. The number of hydrogen-bond acceptors (Lipinski definition) is 5. The Bertz CT molecular complexity index is 1480. The summed E-state index contributed by atoms with van der Waals surface area (Å²) in [5.41, 5.74) is 2.81. The molecule has 3 amide bonds. The van der Waals surface area contributed by atoms with Crippen molar-refractivity contribution >= 4 is 23.8 Å². The normalized spacial score (nSPS) is 19.4. The summed E-state index contributed by atoms with van der Waals surface area (Å²) in [5.74, 6) is 1.65. The van der Waals surface area contributed by atoms with Gasteiger partial charge >= 0.3 is 12.2 Å². The Kier molecular flexibility index (Phi) is 8.22. The number of anilines is 1. The number of aromatic nitrogens is 4. The van der Waals surface area contributed by atoms with Crippen molar-refractivity contribution in [1.29, 1.82) is 0 Å². The Morgan fingerprint density at radius 1 is 1.05 bits per heavy atom. The van der Waals surface area contributed by atoms with E-state index < -0.39 is 18.8 Å². The maximum absolute atomic E-state index is 12.7. The van der Waals surface area contributed by atoms with Gasteiger partial charge in [0.25, 0.3) is 0 Å². The highest BCUT2D eigenvalue weighted by Crippen LogP contribution is 2.32. The summed E-state index contributed by atoms with van der Waals surface area (Å²) in [7, 11) is 0. The molecular weight excluding hydrogens is 561 g/mol. The Morgan fingerprint density at radius 3 is 2.60 bits per heavy atom. The molecule has 1 atom stereocenters. The van der Waals surface area contributed by atoms with Crippen LogP contribution in [0.4, 0.5) is 23.7 Å². The number of urea groups is 1. The van der Waals surface area contributed by atoms with Crippen molar-refractivity contribution in [3.63, 3.8) is 0 Å². The molecule has 10 nitrogen and oxygen atoms in total. The van der Waals surface area contributed by atoms with Gasteiger partial charge in [-0.25, -0.2) is 14.5 Å². The molecule has 2 fully saturated rings. The zero-order chi connectivity index (χ0) is 30.0. The minimum atomic E-state index is -4.49. The number of amides is 3. The van der Waals surface area contributed by atoms with Crippen molar-refractivity contribution in [2.75, 3.05) is 25.0 Å². The molecule has 2 aromatic heterocycles. The maximum Gasteiger partial charge on any atom is 0.405 e. The summed E-state index contributed by atoms with van der Waals surface area (Å²) in [4.78, 5) is 31.2. The van der Waals surface area contributed by atoms with Crippen molar-refractivity contribution in [1.82, 2.24) is 29.7 Å². The lowest BCUT2D eigenvalue weighted by Gasteiger charge is -2.32. The molecule has 3 aromatic rings. The second-order valence-electron chi connectivity index (χ2n) is 11.7. The van der Waals surface area contributed by atoms with Gasteiger partial charge in [-0.3, -0.25) is 9.48 Å². The molecule has 1 aliphatic carbocycles. The second kappa shape index (κ2) is 12.2. The van der Waals surface area contributed by atoms with E-state index in [-0.39, 0.29) is 12.0 Å². The Labute approximate surface area is 247 Å². The van der Waals surface area contributed by atoms with E-state index >= 15 is 0 Å². The predicted octanol–water partition coefficient (Wildman–Crippen LogP) is 5.35. The molecule has 0 spiro atoms. The number of nitrogens with one attached hydrogen (secondary N) is 2. The van der Waals surface area contributed by atoms with Gasteiger partial charge in [0.05, 0.1) is 24.1 Å². The van der Waals surface area contributed by atoms with Crippen LogP contribution >= 0.6 is 0 Å². The first-order valence-corrected chi connectivity index (χ1v) is 14.9. The topological polar surface area (TPSA) is 109 Å². The lowest BCUT2D eigenvalue weighted by atomic mass is 9.98. The van der Waals surface area contributed by atoms with Gasteiger partial charge in [-0.1, -0.05) is 25.0 Å². The highest BCUT2D eigenvalue weighted by molar-refractivity contribution is 5.90. The van der Waals surface area contributed by atoms with Gasteiger partial charge in [-0.2, -0.15) is 23.4 Å². The van der Waals surface area contributed by atoms with E-state index in [0.29, 0.717) is 41.6 Å². The van der Waals surface area contributed by atoms with Gasteiger partial charge in [0.1, 0.15) is 12.4 Å². The monoisotopic (exact) mass is 596 g/mol. The van der Waals surface area contributed by atoms with E-state index in [2.05, 4.69) is 26.7 Å². The number of halogens is 3. The van der Waals surface area contributed by atoms with Crippen LogP contribution in [-0.2, 0) is 11.2 Å². The first-order valence-electron chi connectivity index (χ1n) is 14.9. The van der Waals surface area contributed by atoms with E-state index in [4.69, 9.17) is 0 Å². The van der Waals surface area contributed by atoms with Crippen LogP contribution in [0.1, 0.15) is 68.3 Å². The van der Waals surface area contributed by atoms with Gasteiger partial charge in [0.15, 0.2) is 0 Å². The van der Waals surface area contributed by atoms with Crippen LogP contribution in [0.15, 0.2) is 48.0 Å². The van der Waals surface area contributed by atoms with Crippen LogP contribution in [0.3, 0.4) is 0 Å². The van der Waals surface area contributed by atoms with E-state index in [1.165, 1.54) is 25.7 Å². The third-order valence-corrected chi connectivity index (χ3v) is 8.62. The molecular formula is C30H35F3N8O2. The fourth-order valence-electron chi connectivity index (χ4n) is 6.28. The highest BCUT2D eigenvalue weighted by atomic mass is 19.4. The summed E-state index contributed by atoms with van der Waals surface area (Å²) in [6, 6.07) is 6.10. The number of alkyl halides is 3. The fraction of sp³-hybridized carbons (Fsp3) is 0.500. The minimum Gasteiger partial charge on any atom is -0.343 e. The number of rotatable bonds is 7. The number of piperidine rings is 1. The third-order valence-electron chi connectivity index (χ3n) is 8.62. The zero-order valence-electron chi connectivity index (χ0n) is 23.8. The molecule has 0 bridgehead atoms. The summed E-state index contributed by atoms with van der Waals surface area (Å²) in [5, 5.41) is 13.5. The molecule has 1 aromatic carbocycles. The lowest BCUT2D eigenvalue weighted by Crippen LogP contribution is -2.39. The van der Waals surface area contributed by atoms with Gasteiger partial charge < -0.3 is 15.5 Å². The van der Waals surface area contributed by atoms with Crippen molar-refractivity contribution in [2.24, 2.45) is 11.0 Å². The summed E-state index contributed by atoms with van der Waals surface area (Å²) in [6.07, 6.45) is 11.0. The van der Waals surface area contributed by atoms with Crippen LogP contribution < -0.4 is 10.6 Å². The lowest BCUT2D eigenvalue weighted by molar-refractivity contribution is -0.133. The number of imidazole rings is 1. The number of likely N-dealkylation sites (tertiary alicyclic amines) is 1. The molecule has 1 saturated carbocycles. The standard InChI is InChI=1S/C30H35F3N8O2/c31-30(32,33)19-35-29(43)38-24-7-3-6-21(13-24)26-17-34-27-14-22(15-37-41(26)27)23-16-36-40(18-23)25-8-10-39(11-9-25)28(42)12-20-4-1-2-5-20/h3,6-7,13,15-18,20,22,25H,1-2,4-5,8-12,14,19H2,(H2,35,38,43). The second-order valence-corrected chi connectivity index (χ2v) is 11.7. The molecule has 4 heterocycles. The predicted molar refractivity (Wildman–Crippen MR) is 155 cm³/mol. The SMILES string of the molecule is O=C(NCC(F)(F)F)Nc1cccc(-c2cnc3n2N=CC(c2cnn(C4CCN(C(=O)CC5CCCC5)CC4)c2)C3)c1. The number of hydrogen-bond donors (Lipinski definition) is 2. The number of fused-ring (bicyclic) bond motifs is 1.